The van der Waals surface area contributed by atoms with Crippen LogP contribution in [0.25, 0.3) is 11.3 Å². The van der Waals surface area contributed by atoms with Crippen molar-refractivity contribution in [2.24, 2.45) is 5.41 Å². The number of ether oxygens (including phenoxy) is 1. The number of fused-ring (bicyclic) bond motifs is 3. The molecule has 1 aromatic heterocycles. The average molecular weight is 660 g/mol. The van der Waals surface area contributed by atoms with Crippen LogP contribution in [0.2, 0.25) is 10.0 Å². The van der Waals surface area contributed by atoms with Crippen molar-refractivity contribution in [1.82, 2.24) is 15.5 Å². The minimum absolute atomic E-state index is 0.0885. The van der Waals surface area contributed by atoms with E-state index >= 15 is 0 Å². The largest absolute Gasteiger partial charge is 0.391 e. The lowest BCUT2D eigenvalue weighted by molar-refractivity contribution is -0.145. The SMILES string of the molecule is CS(=O)(=O)NC(=O)c1ccc(N2C=C(C34CCC(OCc5c(-c6c(Cl)cccc6Cl)noc5C5CC5)(CC3)CC4)ON2)cc1. The minimum atomic E-state index is -3.64. The summed E-state index contributed by atoms with van der Waals surface area (Å²) in [6.45, 7) is 0.395. The van der Waals surface area contributed by atoms with Crippen LogP contribution in [0.3, 0.4) is 0 Å². The van der Waals surface area contributed by atoms with Crippen LogP contribution in [0.5, 0.6) is 0 Å². The Balaban J connectivity index is 1.03. The van der Waals surface area contributed by atoms with E-state index in [1.165, 1.54) is 0 Å². The van der Waals surface area contributed by atoms with Gasteiger partial charge >= 0.3 is 0 Å². The molecule has 4 aliphatic carbocycles. The minimum Gasteiger partial charge on any atom is -0.391 e. The molecule has 3 aromatic rings. The van der Waals surface area contributed by atoms with Crippen LogP contribution in [0.1, 0.15) is 79.0 Å². The van der Waals surface area contributed by atoms with E-state index in [1.807, 2.05) is 29.1 Å². The summed E-state index contributed by atoms with van der Waals surface area (Å²) in [5.74, 6) is 1.46. The number of carbonyl (C=O) groups excluding carboxylic acids is 1. The monoisotopic (exact) mass is 658 g/mol. The number of benzene rings is 2. The van der Waals surface area contributed by atoms with Crippen molar-refractivity contribution in [1.29, 1.82) is 0 Å². The number of anilines is 1. The lowest BCUT2D eigenvalue weighted by atomic mass is 9.58. The number of nitrogens with one attached hydrogen (secondary N) is 2. The third-order valence-corrected chi connectivity index (χ3v) is 10.6. The topological polar surface area (TPSA) is 123 Å². The Bertz CT molecular complexity index is 1710. The maximum absolute atomic E-state index is 12.1. The molecule has 8 rings (SSSR count). The second kappa shape index (κ2) is 11.1. The summed E-state index contributed by atoms with van der Waals surface area (Å²) < 4.78 is 37.4. The molecule has 2 aromatic carbocycles. The van der Waals surface area contributed by atoms with Gasteiger partial charge in [-0.3, -0.25) is 4.79 Å². The summed E-state index contributed by atoms with van der Waals surface area (Å²) in [6, 6.07) is 12.1. The molecular formula is C31H32Cl2N4O6S. The van der Waals surface area contributed by atoms with E-state index in [0.29, 0.717) is 33.8 Å². The number of carbonyl (C=O) groups is 1. The van der Waals surface area contributed by atoms with Gasteiger partial charge in [-0.2, -0.15) is 0 Å². The van der Waals surface area contributed by atoms with Crippen LogP contribution in [0, 0.1) is 5.41 Å². The summed E-state index contributed by atoms with van der Waals surface area (Å²) in [5.41, 5.74) is 5.95. The van der Waals surface area contributed by atoms with E-state index in [9.17, 15) is 13.2 Å². The lowest BCUT2D eigenvalue weighted by Gasteiger charge is -2.52. The lowest BCUT2D eigenvalue weighted by Crippen LogP contribution is -2.48. The van der Waals surface area contributed by atoms with Gasteiger partial charge in [0.25, 0.3) is 5.91 Å². The molecule has 4 fully saturated rings. The Morgan fingerprint density at radius 3 is 2.34 bits per heavy atom. The highest BCUT2D eigenvalue weighted by Crippen LogP contribution is 2.58. The Kier molecular flexibility index (Phi) is 7.44. The van der Waals surface area contributed by atoms with Crippen LogP contribution >= 0.6 is 23.2 Å². The molecule has 5 aliphatic rings. The molecular weight excluding hydrogens is 627 g/mol. The molecule has 232 valence electrons. The number of hydrogen-bond donors (Lipinski definition) is 2. The molecule has 0 unspecified atom stereocenters. The van der Waals surface area contributed by atoms with Crippen molar-refractivity contribution in [2.45, 2.75) is 69.5 Å². The fraction of sp³-hybridized carbons (Fsp3) is 0.419. The zero-order valence-corrected chi connectivity index (χ0v) is 26.4. The van der Waals surface area contributed by atoms with Gasteiger partial charge in [-0.05, 0) is 87.8 Å². The van der Waals surface area contributed by atoms with Crippen molar-refractivity contribution in [2.75, 3.05) is 11.3 Å². The number of allylic oxidation sites excluding steroid dienone is 1. The second-order valence-corrected chi connectivity index (χ2v) is 14.9. The van der Waals surface area contributed by atoms with Crippen molar-refractivity contribution in [3.05, 3.63) is 81.4 Å². The van der Waals surface area contributed by atoms with Crippen molar-refractivity contribution >= 4 is 44.8 Å². The number of hydrazine groups is 1. The normalized spacial score (nSPS) is 24.7. The Morgan fingerprint density at radius 2 is 1.73 bits per heavy atom. The Hall–Kier alpha value is -3.09. The molecule has 1 amide bonds. The first-order valence-corrected chi connectivity index (χ1v) is 17.3. The Morgan fingerprint density at radius 1 is 1.07 bits per heavy atom. The highest BCUT2D eigenvalue weighted by Gasteiger charge is 2.53. The molecule has 0 saturated heterocycles. The van der Waals surface area contributed by atoms with Gasteiger partial charge < -0.3 is 14.1 Å². The van der Waals surface area contributed by atoms with Gasteiger partial charge in [0.1, 0.15) is 11.5 Å². The summed E-state index contributed by atoms with van der Waals surface area (Å²) in [5, 5.41) is 7.25. The third-order valence-electron chi connectivity index (χ3n) is 9.38. The molecule has 2 bridgehead atoms. The molecule has 44 heavy (non-hydrogen) atoms. The molecule has 0 spiro atoms. The molecule has 2 heterocycles. The molecule has 0 atom stereocenters. The van der Waals surface area contributed by atoms with Crippen molar-refractivity contribution in [3.63, 3.8) is 0 Å². The second-order valence-electron chi connectivity index (χ2n) is 12.3. The first-order valence-electron chi connectivity index (χ1n) is 14.7. The maximum atomic E-state index is 12.1. The van der Waals surface area contributed by atoms with Gasteiger partial charge in [0, 0.05) is 28.0 Å². The number of sulfonamides is 1. The van der Waals surface area contributed by atoms with E-state index in [2.05, 4.69) is 10.7 Å². The fourth-order valence-corrected chi connectivity index (χ4v) is 7.68. The molecule has 0 radical (unpaired) electrons. The summed E-state index contributed by atoms with van der Waals surface area (Å²) in [7, 11) is -3.64. The van der Waals surface area contributed by atoms with Gasteiger partial charge in [-0.15, -0.1) is 0 Å². The molecule has 4 saturated carbocycles. The number of hydrogen-bond acceptors (Lipinski definition) is 9. The fourth-order valence-electron chi connectivity index (χ4n) is 6.65. The number of halogens is 2. The summed E-state index contributed by atoms with van der Waals surface area (Å²) >= 11 is 13.1. The predicted molar refractivity (Wildman–Crippen MR) is 165 cm³/mol. The van der Waals surface area contributed by atoms with Crippen LogP contribution in [0.15, 0.2) is 58.9 Å². The van der Waals surface area contributed by atoms with E-state index < -0.39 is 15.9 Å². The van der Waals surface area contributed by atoms with E-state index in [1.54, 1.807) is 29.3 Å². The number of rotatable bonds is 9. The number of aromatic nitrogens is 1. The van der Waals surface area contributed by atoms with Gasteiger partial charge in [-0.1, -0.05) is 40.0 Å². The standard InChI is InChI=1S/C31H32Cl2N4O6S/c1-44(39,40)35-29(38)20-7-9-21(10-8-20)37-17-25(42-36-37)30-11-14-31(15-12-30,16-13-30)41-18-22-27(34-43-28(22)19-5-6-19)26-23(32)3-2-4-24(26)33/h2-4,7-10,17,19,36H,5-6,11-16,18H2,1H3,(H,35,38). The summed E-state index contributed by atoms with van der Waals surface area (Å²) in [6.07, 6.45) is 10.6. The molecule has 13 heteroatoms. The first kappa shape index (κ1) is 29.6. The molecule has 1 aliphatic heterocycles. The van der Waals surface area contributed by atoms with Crippen molar-refractivity contribution in [3.8, 4) is 11.3 Å². The summed E-state index contributed by atoms with van der Waals surface area (Å²) in [4.78, 5) is 18.2. The zero-order valence-electron chi connectivity index (χ0n) is 24.1. The molecule has 2 N–H and O–H groups in total. The van der Waals surface area contributed by atoms with Crippen LogP contribution in [-0.2, 0) is 26.2 Å². The van der Waals surface area contributed by atoms with Gasteiger partial charge in [0.15, 0.2) is 5.76 Å². The van der Waals surface area contributed by atoms with Gasteiger partial charge in [-0.25, -0.2) is 18.1 Å². The molecule has 10 nitrogen and oxygen atoms in total. The number of nitrogens with zero attached hydrogens (tertiary/aromatic N) is 2. The first-order chi connectivity index (χ1) is 21.0. The van der Waals surface area contributed by atoms with E-state index in [0.717, 1.165) is 80.4 Å². The average Bonchev–Trinajstić information content (AvgIpc) is 3.56. The number of amides is 1. The van der Waals surface area contributed by atoms with Gasteiger partial charge in [0.2, 0.25) is 10.0 Å². The maximum Gasteiger partial charge on any atom is 0.264 e. The van der Waals surface area contributed by atoms with Crippen molar-refractivity contribution < 1.29 is 27.3 Å². The third kappa shape index (κ3) is 5.60. The smallest absolute Gasteiger partial charge is 0.264 e. The van der Waals surface area contributed by atoms with Crippen LogP contribution in [-0.4, -0.2) is 31.3 Å². The quantitative estimate of drug-likeness (QED) is 0.261. The zero-order chi connectivity index (χ0) is 30.7. The van der Waals surface area contributed by atoms with E-state index in [4.69, 9.17) is 37.3 Å². The van der Waals surface area contributed by atoms with Crippen LogP contribution in [0.4, 0.5) is 5.69 Å². The van der Waals surface area contributed by atoms with Crippen LogP contribution < -0.4 is 15.3 Å². The van der Waals surface area contributed by atoms with Gasteiger partial charge in [0.05, 0.1) is 40.4 Å². The van der Waals surface area contributed by atoms with E-state index in [-0.39, 0.29) is 16.6 Å². The predicted octanol–water partition coefficient (Wildman–Crippen LogP) is 6.62. The highest BCUT2D eigenvalue weighted by atomic mass is 35.5. The highest BCUT2D eigenvalue weighted by molar-refractivity contribution is 7.89. The Labute approximate surface area is 265 Å².